The fourth-order valence-corrected chi connectivity index (χ4v) is 0.985. The molecule has 2 nitrogen and oxygen atoms in total. The molecule has 0 aliphatic heterocycles. The van der Waals surface area contributed by atoms with Crippen molar-refractivity contribution in [3.05, 3.63) is 22.4 Å². The second-order valence-electron chi connectivity index (χ2n) is 1.85. The molecule has 1 rings (SSSR count). The van der Waals surface area contributed by atoms with Gasteiger partial charge in [0.25, 0.3) is 0 Å². The van der Waals surface area contributed by atoms with Gasteiger partial charge in [-0.2, -0.15) is 0 Å². The van der Waals surface area contributed by atoms with Crippen LogP contribution in [0.15, 0.2) is 12.3 Å². The van der Waals surface area contributed by atoms with E-state index in [1.807, 2.05) is 6.92 Å². The Bertz CT molecular complexity index is 252. The third kappa shape index (κ3) is 1.98. The molecule has 11 heavy (non-hydrogen) atoms. The lowest BCUT2D eigenvalue weighted by Gasteiger charge is -2.04. The molecule has 0 spiro atoms. The smallest absolute Gasteiger partial charge is 0.151 e. The molecule has 0 saturated carbocycles. The van der Waals surface area contributed by atoms with Gasteiger partial charge in [-0.1, -0.05) is 23.2 Å². The van der Waals surface area contributed by atoms with E-state index < -0.39 is 0 Å². The number of hydrogen-bond acceptors (Lipinski definition) is 2. The Kier molecular flexibility index (Phi) is 2.97. The average Bonchev–Trinajstić information content (AvgIpc) is 1.99. The standard InChI is InChI=1S/C7H7Cl2NO/c1-2-11-5-3-4-10-7(9)6(5)8/h3-4H,2H2,1H3. The number of aromatic nitrogens is 1. The lowest BCUT2D eigenvalue weighted by atomic mass is 10.4. The molecule has 60 valence electrons. The van der Waals surface area contributed by atoms with Gasteiger partial charge in [-0.05, 0) is 6.92 Å². The van der Waals surface area contributed by atoms with Crippen LogP contribution in [0.2, 0.25) is 10.2 Å². The average molecular weight is 192 g/mol. The summed E-state index contributed by atoms with van der Waals surface area (Å²) in [5.41, 5.74) is 0. The van der Waals surface area contributed by atoms with E-state index >= 15 is 0 Å². The highest BCUT2D eigenvalue weighted by atomic mass is 35.5. The summed E-state index contributed by atoms with van der Waals surface area (Å²) in [5.74, 6) is 0.578. The molecule has 0 N–H and O–H groups in total. The first-order chi connectivity index (χ1) is 5.25. The highest BCUT2D eigenvalue weighted by Gasteiger charge is 2.04. The molecule has 0 amide bonds. The van der Waals surface area contributed by atoms with E-state index in [0.717, 1.165) is 0 Å². The maximum atomic E-state index is 5.75. The van der Waals surface area contributed by atoms with Crippen LogP contribution < -0.4 is 4.74 Å². The van der Waals surface area contributed by atoms with Crippen molar-refractivity contribution in [2.75, 3.05) is 6.61 Å². The molecule has 0 atom stereocenters. The van der Waals surface area contributed by atoms with Gasteiger partial charge in [0.1, 0.15) is 10.8 Å². The number of nitrogens with zero attached hydrogens (tertiary/aromatic N) is 1. The quantitative estimate of drug-likeness (QED) is 0.672. The molecule has 0 aliphatic rings. The molecule has 4 heteroatoms. The SMILES string of the molecule is CCOc1ccnc(Cl)c1Cl. The summed E-state index contributed by atoms with van der Waals surface area (Å²) in [6, 6.07) is 1.68. The molecule has 0 bridgehead atoms. The number of hydrogen-bond donors (Lipinski definition) is 0. The molecule has 1 aromatic rings. The zero-order chi connectivity index (χ0) is 8.27. The van der Waals surface area contributed by atoms with E-state index in [0.29, 0.717) is 17.4 Å². The summed E-state index contributed by atoms with van der Waals surface area (Å²) in [5, 5.41) is 0.647. The second kappa shape index (κ2) is 3.79. The maximum Gasteiger partial charge on any atom is 0.151 e. The van der Waals surface area contributed by atoms with E-state index in [-0.39, 0.29) is 5.15 Å². The topological polar surface area (TPSA) is 22.1 Å². The summed E-state index contributed by atoms with van der Waals surface area (Å²) in [4.78, 5) is 3.78. The maximum absolute atomic E-state index is 5.75. The van der Waals surface area contributed by atoms with Crippen molar-refractivity contribution in [2.24, 2.45) is 0 Å². The van der Waals surface area contributed by atoms with Gasteiger partial charge in [-0.15, -0.1) is 0 Å². The normalized spacial score (nSPS) is 9.73. The molecule has 1 heterocycles. The Morgan fingerprint density at radius 2 is 2.27 bits per heavy atom. The first-order valence-corrected chi connectivity index (χ1v) is 3.94. The van der Waals surface area contributed by atoms with Crippen LogP contribution in [0.4, 0.5) is 0 Å². The highest BCUT2D eigenvalue weighted by molar-refractivity contribution is 6.42. The number of pyridine rings is 1. The summed E-state index contributed by atoms with van der Waals surface area (Å²) in [6.45, 7) is 2.45. The molecule has 0 aliphatic carbocycles. The first kappa shape index (κ1) is 8.62. The van der Waals surface area contributed by atoms with Gasteiger partial charge in [-0.25, -0.2) is 4.98 Å². The van der Waals surface area contributed by atoms with Crippen LogP contribution in [0, 0.1) is 0 Å². The molecule has 0 fully saturated rings. The minimum atomic E-state index is 0.276. The third-order valence-electron chi connectivity index (χ3n) is 1.11. The van der Waals surface area contributed by atoms with E-state index in [1.54, 1.807) is 12.3 Å². The van der Waals surface area contributed by atoms with Gasteiger partial charge in [0.2, 0.25) is 0 Å². The van der Waals surface area contributed by atoms with Gasteiger partial charge in [0, 0.05) is 12.3 Å². The number of rotatable bonds is 2. The van der Waals surface area contributed by atoms with Crippen LogP contribution in [-0.4, -0.2) is 11.6 Å². The van der Waals surface area contributed by atoms with E-state index in [1.165, 1.54) is 0 Å². The fraction of sp³-hybridized carbons (Fsp3) is 0.286. The predicted octanol–water partition coefficient (Wildman–Crippen LogP) is 2.79. The Morgan fingerprint density at radius 3 is 2.91 bits per heavy atom. The first-order valence-electron chi connectivity index (χ1n) is 3.18. The van der Waals surface area contributed by atoms with Crippen molar-refractivity contribution < 1.29 is 4.74 Å². The summed E-state index contributed by atoms with van der Waals surface area (Å²) < 4.78 is 5.16. The van der Waals surface area contributed by atoms with Gasteiger partial charge in [0.15, 0.2) is 5.15 Å². The summed E-state index contributed by atoms with van der Waals surface area (Å²) in [7, 11) is 0. The van der Waals surface area contributed by atoms with Gasteiger partial charge in [0.05, 0.1) is 6.61 Å². The fourth-order valence-electron chi connectivity index (χ4n) is 0.669. The largest absolute Gasteiger partial charge is 0.492 e. The van der Waals surface area contributed by atoms with E-state index in [2.05, 4.69) is 4.98 Å². The Hall–Kier alpha value is -0.470. The van der Waals surface area contributed by atoms with Crippen molar-refractivity contribution in [1.29, 1.82) is 0 Å². The van der Waals surface area contributed by atoms with Crippen LogP contribution in [0.1, 0.15) is 6.92 Å². The molecule has 0 radical (unpaired) electrons. The van der Waals surface area contributed by atoms with Crippen LogP contribution in [0.5, 0.6) is 5.75 Å². The summed E-state index contributed by atoms with van der Waals surface area (Å²) >= 11 is 11.4. The monoisotopic (exact) mass is 191 g/mol. The molecule has 0 unspecified atom stereocenters. The van der Waals surface area contributed by atoms with Crippen LogP contribution in [-0.2, 0) is 0 Å². The van der Waals surface area contributed by atoms with E-state index in [9.17, 15) is 0 Å². The number of ether oxygens (including phenoxy) is 1. The second-order valence-corrected chi connectivity index (χ2v) is 2.58. The minimum Gasteiger partial charge on any atom is -0.492 e. The van der Waals surface area contributed by atoms with Crippen molar-refractivity contribution in [2.45, 2.75) is 6.92 Å². The lowest BCUT2D eigenvalue weighted by Crippen LogP contribution is -1.92. The molecule has 1 aromatic heterocycles. The Labute approximate surface area is 75.1 Å². The van der Waals surface area contributed by atoms with Crippen molar-refractivity contribution in [1.82, 2.24) is 4.98 Å². The zero-order valence-corrected chi connectivity index (χ0v) is 7.49. The highest BCUT2D eigenvalue weighted by Crippen LogP contribution is 2.29. The van der Waals surface area contributed by atoms with E-state index in [4.69, 9.17) is 27.9 Å². The van der Waals surface area contributed by atoms with Crippen molar-refractivity contribution in [3.8, 4) is 5.75 Å². The molecular weight excluding hydrogens is 185 g/mol. The Morgan fingerprint density at radius 1 is 1.55 bits per heavy atom. The van der Waals surface area contributed by atoms with Gasteiger partial charge in [-0.3, -0.25) is 0 Å². The molecular formula is C7H7Cl2NO. The minimum absolute atomic E-state index is 0.276. The Balaban J connectivity index is 2.96. The van der Waals surface area contributed by atoms with Gasteiger partial charge < -0.3 is 4.74 Å². The zero-order valence-electron chi connectivity index (χ0n) is 5.97. The van der Waals surface area contributed by atoms with Crippen LogP contribution >= 0.6 is 23.2 Å². The third-order valence-corrected chi connectivity index (χ3v) is 1.86. The van der Waals surface area contributed by atoms with Crippen LogP contribution in [0.25, 0.3) is 0 Å². The molecule has 0 saturated heterocycles. The van der Waals surface area contributed by atoms with Gasteiger partial charge >= 0.3 is 0 Å². The predicted molar refractivity (Wildman–Crippen MR) is 45.4 cm³/mol. The lowest BCUT2D eigenvalue weighted by molar-refractivity contribution is 0.340. The molecule has 0 aromatic carbocycles. The van der Waals surface area contributed by atoms with Crippen molar-refractivity contribution >= 4 is 23.2 Å². The summed E-state index contributed by atoms with van der Waals surface area (Å²) in [6.07, 6.45) is 1.55. The van der Waals surface area contributed by atoms with Crippen LogP contribution in [0.3, 0.4) is 0 Å². The number of halogens is 2. The van der Waals surface area contributed by atoms with Crippen molar-refractivity contribution in [3.63, 3.8) is 0 Å².